The lowest BCUT2D eigenvalue weighted by Crippen LogP contribution is -2.10. The van der Waals surface area contributed by atoms with Crippen molar-refractivity contribution in [1.29, 1.82) is 0 Å². The van der Waals surface area contributed by atoms with E-state index < -0.39 is 0 Å². The third-order valence-electron chi connectivity index (χ3n) is 3.73. The Labute approximate surface area is 137 Å². The number of nitrogens with zero attached hydrogens (tertiary/aromatic N) is 1. The molecule has 0 bridgehead atoms. The van der Waals surface area contributed by atoms with Crippen LogP contribution in [0.2, 0.25) is 0 Å². The Bertz CT molecular complexity index is 787. The molecular formula is C18H16INO. The standard InChI is InChI=1S/C18H16INO/c1-2-13-4-3-5-15-10-11-20(18(13)15)12-17(21)14-6-8-16(19)9-7-14/h3-11H,2,12H2,1H3. The monoisotopic (exact) mass is 389 g/mol. The smallest absolute Gasteiger partial charge is 0.182 e. The predicted molar refractivity (Wildman–Crippen MR) is 94.8 cm³/mol. The Morgan fingerprint density at radius 3 is 2.57 bits per heavy atom. The summed E-state index contributed by atoms with van der Waals surface area (Å²) in [5.74, 6) is 0.148. The highest BCUT2D eigenvalue weighted by Gasteiger charge is 2.10. The molecule has 0 aliphatic heterocycles. The lowest BCUT2D eigenvalue weighted by molar-refractivity contribution is 0.0973. The highest BCUT2D eigenvalue weighted by atomic mass is 127. The molecule has 0 saturated carbocycles. The van der Waals surface area contributed by atoms with Gasteiger partial charge < -0.3 is 4.57 Å². The van der Waals surface area contributed by atoms with Gasteiger partial charge in [0, 0.05) is 15.3 Å². The quantitative estimate of drug-likeness (QED) is 0.469. The highest BCUT2D eigenvalue weighted by Crippen LogP contribution is 2.21. The molecule has 2 aromatic carbocycles. The molecule has 0 saturated heterocycles. The van der Waals surface area contributed by atoms with E-state index in [0.29, 0.717) is 6.54 Å². The van der Waals surface area contributed by atoms with Crippen molar-refractivity contribution in [3.05, 3.63) is 69.4 Å². The maximum atomic E-state index is 12.4. The first-order valence-electron chi connectivity index (χ1n) is 7.04. The number of fused-ring (bicyclic) bond motifs is 1. The van der Waals surface area contributed by atoms with Gasteiger partial charge in [-0.15, -0.1) is 0 Å². The lowest BCUT2D eigenvalue weighted by atomic mass is 10.1. The van der Waals surface area contributed by atoms with Crippen molar-refractivity contribution in [2.24, 2.45) is 0 Å². The summed E-state index contributed by atoms with van der Waals surface area (Å²) >= 11 is 2.25. The van der Waals surface area contributed by atoms with Crippen molar-refractivity contribution in [2.75, 3.05) is 0 Å². The third kappa shape index (κ3) is 2.88. The van der Waals surface area contributed by atoms with E-state index >= 15 is 0 Å². The Kier molecular flexibility index (Phi) is 4.10. The van der Waals surface area contributed by atoms with Crippen LogP contribution in [-0.4, -0.2) is 10.4 Å². The zero-order valence-electron chi connectivity index (χ0n) is 11.8. The lowest BCUT2D eigenvalue weighted by Gasteiger charge is -2.08. The van der Waals surface area contributed by atoms with Gasteiger partial charge in [-0.25, -0.2) is 0 Å². The molecule has 0 N–H and O–H groups in total. The second-order valence-electron chi connectivity index (χ2n) is 5.08. The van der Waals surface area contributed by atoms with Gasteiger partial charge in [0.25, 0.3) is 0 Å². The van der Waals surface area contributed by atoms with Gasteiger partial charge in [0.05, 0.1) is 12.1 Å². The molecule has 0 aliphatic rings. The van der Waals surface area contributed by atoms with Gasteiger partial charge in [-0.3, -0.25) is 4.79 Å². The molecule has 0 radical (unpaired) electrons. The molecule has 3 rings (SSSR count). The van der Waals surface area contributed by atoms with Gasteiger partial charge in [-0.2, -0.15) is 0 Å². The van der Waals surface area contributed by atoms with E-state index in [2.05, 4.69) is 58.3 Å². The van der Waals surface area contributed by atoms with Gasteiger partial charge in [0.2, 0.25) is 0 Å². The number of carbonyl (C=O) groups is 1. The Morgan fingerprint density at radius 1 is 1.10 bits per heavy atom. The maximum absolute atomic E-state index is 12.4. The molecule has 0 amide bonds. The number of benzene rings is 2. The van der Waals surface area contributed by atoms with Crippen LogP contribution in [0.25, 0.3) is 10.9 Å². The van der Waals surface area contributed by atoms with Crippen LogP contribution < -0.4 is 0 Å². The largest absolute Gasteiger partial charge is 0.339 e. The van der Waals surface area contributed by atoms with Crippen LogP contribution in [-0.2, 0) is 13.0 Å². The SMILES string of the molecule is CCc1cccc2ccn(CC(=O)c3ccc(I)cc3)c12. The molecule has 1 aromatic heterocycles. The van der Waals surface area contributed by atoms with Crippen LogP contribution in [0, 0.1) is 3.57 Å². The molecule has 3 heteroatoms. The minimum atomic E-state index is 0.148. The number of halogens is 1. The molecule has 3 aromatic rings. The van der Waals surface area contributed by atoms with Crippen LogP contribution in [0.1, 0.15) is 22.8 Å². The second-order valence-corrected chi connectivity index (χ2v) is 6.33. The Hall–Kier alpha value is -1.62. The fourth-order valence-corrected chi connectivity index (χ4v) is 3.00. The number of aryl methyl sites for hydroxylation is 1. The van der Waals surface area contributed by atoms with Crippen molar-refractivity contribution in [2.45, 2.75) is 19.9 Å². The zero-order valence-corrected chi connectivity index (χ0v) is 14.0. The van der Waals surface area contributed by atoms with Crippen LogP contribution in [0.5, 0.6) is 0 Å². The summed E-state index contributed by atoms with van der Waals surface area (Å²) in [4.78, 5) is 12.4. The zero-order chi connectivity index (χ0) is 14.8. The Morgan fingerprint density at radius 2 is 1.86 bits per heavy atom. The summed E-state index contributed by atoms with van der Waals surface area (Å²) < 4.78 is 3.21. The van der Waals surface area contributed by atoms with Crippen LogP contribution in [0.4, 0.5) is 0 Å². The minimum Gasteiger partial charge on any atom is -0.339 e. The highest BCUT2D eigenvalue weighted by molar-refractivity contribution is 14.1. The van der Waals surface area contributed by atoms with Crippen molar-refractivity contribution < 1.29 is 4.79 Å². The summed E-state index contributed by atoms with van der Waals surface area (Å²) in [6.07, 6.45) is 2.98. The summed E-state index contributed by atoms with van der Waals surface area (Å²) in [5, 5.41) is 1.20. The first-order valence-corrected chi connectivity index (χ1v) is 8.12. The van der Waals surface area contributed by atoms with E-state index in [-0.39, 0.29) is 5.78 Å². The fourth-order valence-electron chi connectivity index (χ4n) is 2.64. The number of rotatable bonds is 4. The van der Waals surface area contributed by atoms with Gasteiger partial charge in [0.15, 0.2) is 5.78 Å². The average Bonchev–Trinajstić information content (AvgIpc) is 2.91. The van der Waals surface area contributed by atoms with Crippen molar-refractivity contribution >= 4 is 39.3 Å². The third-order valence-corrected chi connectivity index (χ3v) is 4.45. The van der Waals surface area contributed by atoms with Crippen LogP contribution >= 0.6 is 22.6 Å². The predicted octanol–water partition coefficient (Wildman–Crippen LogP) is 4.69. The van der Waals surface area contributed by atoms with Crippen LogP contribution in [0.15, 0.2) is 54.7 Å². The fraction of sp³-hybridized carbons (Fsp3) is 0.167. The number of hydrogen-bond acceptors (Lipinski definition) is 1. The van der Waals surface area contributed by atoms with Gasteiger partial charge in [-0.05, 0) is 58.2 Å². The van der Waals surface area contributed by atoms with E-state index in [1.807, 2.05) is 30.5 Å². The van der Waals surface area contributed by atoms with Crippen LogP contribution in [0.3, 0.4) is 0 Å². The summed E-state index contributed by atoms with van der Waals surface area (Å²) in [6.45, 7) is 2.54. The number of hydrogen-bond donors (Lipinski definition) is 0. The van der Waals surface area contributed by atoms with Crippen molar-refractivity contribution in [1.82, 2.24) is 4.57 Å². The van der Waals surface area contributed by atoms with E-state index in [0.717, 1.165) is 15.6 Å². The number of Topliss-reactive ketones (excluding diaryl/α,β-unsaturated/α-hetero) is 1. The number of carbonyl (C=O) groups excluding carboxylic acids is 1. The number of aromatic nitrogens is 1. The number of ketones is 1. The first kappa shape index (κ1) is 14.3. The molecule has 0 spiro atoms. The normalized spacial score (nSPS) is 11.0. The van der Waals surface area contributed by atoms with Crippen molar-refractivity contribution in [3.63, 3.8) is 0 Å². The number of para-hydroxylation sites is 1. The molecule has 2 nitrogen and oxygen atoms in total. The Balaban J connectivity index is 1.94. The molecule has 0 aliphatic carbocycles. The maximum Gasteiger partial charge on any atom is 0.182 e. The van der Waals surface area contributed by atoms with E-state index in [1.54, 1.807) is 0 Å². The minimum absolute atomic E-state index is 0.148. The topological polar surface area (TPSA) is 22.0 Å². The first-order chi connectivity index (χ1) is 10.2. The molecule has 0 atom stereocenters. The molecule has 1 heterocycles. The van der Waals surface area contributed by atoms with E-state index in [1.165, 1.54) is 16.5 Å². The van der Waals surface area contributed by atoms with Gasteiger partial charge in [-0.1, -0.05) is 37.3 Å². The molecular weight excluding hydrogens is 373 g/mol. The second kappa shape index (κ2) is 6.02. The summed E-state index contributed by atoms with van der Waals surface area (Å²) in [6, 6.07) is 16.1. The van der Waals surface area contributed by atoms with Gasteiger partial charge in [0.1, 0.15) is 0 Å². The molecule has 0 unspecified atom stereocenters. The van der Waals surface area contributed by atoms with E-state index in [4.69, 9.17) is 0 Å². The van der Waals surface area contributed by atoms with E-state index in [9.17, 15) is 4.79 Å². The van der Waals surface area contributed by atoms with Crippen molar-refractivity contribution in [3.8, 4) is 0 Å². The average molecular weight is 389 g/mol. The molecule has 21 heavy (non-hydrogen) atoms. The molecule has 106 valence electrons. The molecule has 0 fully saturated rings. The summed E-state index contributed by atoms with van der Waals surface area (Å²) in [5.41, 5.74) is 3.23. The summed E-state index contributed by atoms with van der Waals surface area (Å²) in [7, 11) is 0. The van der Waals surface area contributed by atoms with Gasteiger partial charge >= 0.3 is 0 Å².